The fourth-order valence-corrected chi connectivity index (χ4v) is 7.97. The predicted octanol–water partition coefficient (Wildman–Crippen LogP) is 1.31. The van der Waals surface area contributed by atoms with Crippen molar-refractivity contribution in [2.24, 2.45) is 22.7 Å². The highest BCUT2D eigenvalue weighted by Gasteiger charge is 2.61. The number of quaternary nitrogens is 1. The zero-order valence-corrected chi connectivity index (χ0v) is 28.9. The SMILES string of the molecule is C=C1[C@@H](OC(=O)CC(c2ccccc2)[N+](C)(C)C)CC[C@@]2(C)[C@@H](O)[C@H](OC(C)=O)C3=C(C)C(=O)C[C@@H]([C@@H](O)[C@H]12)C3(C)C.[I-]. The van der Waals surface area contributed by atoms with Crippen LogP contribution in [0.15, 0.2) is 53.6 Å². The molecule has 0 aromatic heterocycles. The number of ketones is 1. The summed E-state index contributed by atoms with van der Waals surface area (Å²) in [7, 11) is 6.12. The summed E-state index contributed by atoms with van der Waals surface area (Å²) < 4.78 is 12.4. The number of esters is 2. The smallest absolute Gasteiger partial charge is 0.312 e. The Labute approximate surface area is 273 Å². The van der Waals surface area contributed by atoms with Crippen LogP contribution < -0.4 is 24.0 Å². The molecule has 43 heavy (non-hydrogen) atoms. The van der Waals surface area contributed by atoms with Crippen molar-refractivity contribution in [3.05, 3.63) is 59.2 Å². The van der Waals surface area contributed by atoms with Gasteiger partial charge in [-0.1, -0.05) is 57.7 Å². The molecule has 3 aliphatic carbocycles. The number of aliphatic hydroxyl groups excluding tert-OH is 2. The molecule has 8 nitrogen and oxygen atoms in total. The molecule has 0 spiro atoms. The number of allylic oxidation sites excluding steroid dienone is 1. The van der Waals surface area contributed by atoms with Crippen LogP contribution in [0, 0.1) is 22.7 Å². The second-order valence-electron chi connectivity index (χ2n) is 14.3. The number of ether oxygens (including phenoxy) is 2. The van der Waals surface area contributed by atoms with Gasteiger partial charge in [0.15, 0.2) is 11.9 Å². The summed E-state index contributed by atoms with van der Waals surface area (Å²) in [6.45, 7) is 13.1. The maximum atomic E-state index is 13.4. The third-order valence-electron chi connectivity index (χ3n) is 10.4. The lowest BCUT2D eigenvalue weighted by atomic mass is 9.49. The van der Waals surface area contributed by atoms with Gasteiger partial charge in [0.1, 0.15) is 24.7 Å². The Morgan fingerprint density at radius 3 is 2.26 bits per heavy atom. The van der Waals surface area contributed by atoms with E-state index in [2.05, 4.69) is 6.58 Å². The molecule has 0 amide bonds. The first-order valence-electron chi connectivity index (χ1n) is 14.9. The maximum absolute atomic E-state index is 13.4. The second kappa shape index (κ2) is 12.7. The van der Waals surface area contributed by atoms with Crippen molar-refractivity contribution in [2.45, 2.75) is 90.8 Å². The second-order valence-corrected chi connectivity index (χ2v) is 14.3. The number of carbonyl (C=O) groups is 3. The average molecular weight is 710 g/mol. The summed E-state index contributed by atoms with van der Waals surface area (Å²) in [6.07, 6.45) is -2.88. The highest BCUT2D eigenvalue weighted by atomic mass is 127. The van der Waals surface area contributed by atoms with Crippen molar-refractivity contribution in [2.75, 3.05) is 21.1 Å². The van der Waals surface area contributed by atoms with Crippen LogP contribution in [0.3, 0.4) is 0 Å². The zero-order chi connectivity index (χ0) is 31.4. The number of aliphatic hydroxyl groups is 2. The molecule has 3 aliphatic rings. The molecule has 1 aromatic rings. The number of benzene rings is 1. The average Bonchev–Trinajstić information content (AvgIpc) is 2.89. The van der Waals surface area contributed by atoms with Gasteiger partial charge in [-0.15, -0.1) is 0 Å². The molecule has 1 aromatic carbocycles. The molecule has 2 saturated carbocycles. The molecule has 2 bridgehead atoms. The fraction of sp³-hybridized carbons (Fsp3) is 0.618. The molecule has 238 valence electrons. The van der Waals surface area contributed by atoms with Crippen LogP contribution >= 0.6 is 0 Å². The van der Waals surface area contributed by atoms with Crippen molar-refractivity contribution < 1.29 is 62.5 Å². The van der Waals surface area contributed by atoms with E-state index in [9.17, 15) is 24.6 Å². The first kappa shape index (κ1) is 35.4. The van der Waals surface area contributed by atoms with Gasteiger partial charge in [-0.25, -0.2) is 0 Å². The molecule has 1 unspecified atom stereocenters. The largest absolute Gasteiger partial charge is 1.00 e. The van der Waals surface area contributed by atoms with Gasteiger partial charge in [0.2, 0.25) is 0 Å². The van der Waals surface area contributed by atoms with E-state index in [-0.39, 0.29) is 54.6 Å². The number of halogens is 1. The van der Waals surface area contributed by atoms with E-state index in [0.29, 0.717) is 34.0 Å². The van der Waals surface area contributed by atoms with Gasteiger partial charge in [0, 0.05) is 36.2 Å². The minimum atomic E-state index is -1.22. The Hall–Kier alpha value is -2.08. The number of fused-ring (bicyclic) bond motifs is 3. The molecule has 9 heteroatoms. The van der Waals surface area contributed by atoms with E-state index < -0.39 is 53.1 Å². The van der Waals surface area contributed by atoms with Crippen LogP contribution in [0.2, 0.25) is 0 Å². The van der Waals surface area contributed by atoms with Crippen molar-refractivity contribution in [3.63, 3.8) is 0 Å². The molecule has 4 rings (SSSR count). The quantitative estimate of drug-likeness (QED) is 0.199. The van der Waals surface area contributed by atoms with E-state index >= 15 is 0 Å². The molecule has 0 saturated heterocycles. The number of Topliss-reactive ketones (excluding diaryl/α,β-unsaturated/α-hetero) is 1. The highest BCUT2D eigenvalue weighted by molar-refractivity contribution is 5.97. The van der Waals surface area contributed by atoms with Crippen molar-refractivity contribution >= 4 is 17.7 Å². The van der Waals surface area contributed by atoms with E-state index in [1.165, 1.54) is 6.92 Å². The summed E-state index contributed by atoms with van der Waals surface area (Å²) in [5.74, 6) is -2.27. The Morgan fingerprint density at radius 1 is 1.09 bits per heavy atom. The first-order chi connectivity index (χ1) is 19.4. The Balaban J connectivity index is 0.00000506. The Morgan fingerprint density at radius 2 is 1.70 bits per heavy atom. The minimum Gasteiger partial charge on any atom is -1.00 e. The van der Waals surface area contributed by atoms with Crippen LogP contribution in [0.25, 0.3) is 0 Å². The highest BCUT2D eigenvalue weighted by Crippen LogP contribution is 2.59. The van der Waals surface area contributed by atoms with E-state index in [0.717, 1.165) is 5.56 Å². The molecule has 8 atom stereocenters. The standard InChI is InChI=1S/C34H48NO7.HI/c1-19-25(37)17-23-30(39)28-20(2)26(42-27(38)18-24(35(7,8)9)22-13-11-10-12-14-22)15-16-34(28,6)32(40)31(41-21(3)36)29(19)33(23,4)5;/h10-14,23-24,26,28,30-32,39-40H,2,15-18H2,1,3-9H3;1H/q+1;/p-1/t23-,24?,26-,28-,30+,31+,32-,34+;/m0./s1. The number of nitrogens with zero attached hydrogens (tertiary/aromatic N) is 1. The van der Waals surface area contributed by atoms with Crippen molar-refractivity contribution in [3.8, 4) is 0 Å². The van der Waals surface area contributed by atoms with Gasteiger partial charge in [0.05, 0.1) is 27.2 Å². The number of hydrogen-bond acceptors (Lipinski definition) is 7. The lowest BCUT2D eigenvalue weighted by Gasteiger charge is -2.58. The summed E-state index contributed by atoms with van der Waals surface area (Å²) in [5, 5.41) is 24.0. The molecule has 2 N–H and O–H groups in total. The molecular formula is C34H48INO7. The summed E-state index contributed by atoms with van der Waals surface area (Å²) in [5.41, 5.74) is 0.894. The van der Waals surface area contributed by atoms with Crippen LogP contribution in [-0.2, 0) is 23.9 Å². The summed E-state index contributed by atoms with van der Waals surface area (Å²) >= 11 is 0. The number of rotatable bonds is 6. The topological polar surface area (TPSA) is 110 Å². The summed E-state index contributed by atoms with van der Waals surface area (Å²) in [6, 6.07) is 9.75. The van der Waals surface area contributed by atoms with E-state index in [4.69, 9.17) is 9.47 Å². The molecule has 0 heterocycles. The van der Waals surface area contributed by atoms with Gasteiger partial charge in [0.25, 0.3) is 0 Å². The van der Waals surface area contributed by atoms with Gasteiger partial charge in [-0.3, -0.25) is 14.4 Å². The Kier molecular flexibility index (Phi) is 10.5. The zero-order valence-electron chi connectivity index (χ0n) is 26.7. The van der Waals surface area contributed by atoms with Crippen LogP contribution in [0.5, 0.6) is 0 Å². The lowest BCUT2D eigenvalue weighted by molar-refractivity contribution is -0.901. The van der Waals surface area contributed by atoms with Crippen LogP contribution in [0.4, 0.5) is 0 Å². The number of carbonyl (C=O) groups excluding carboxylic acids is 3. The van der Waals surface area contributed by atoms with Crippen molar-refractivity contribution in [1.29, 1.82) is 0 Å². The van der Waals surface area contributed by atoms with Crippen molar-refractivity contribution in [1.82, 2.24) is 0 Å². The minimum absolute atomic E-state index is 0. The first-order valence-corrected chi connectivity index (χ1v) is 14.9. The molecule has 0 aliphatic heterocycles. The fourth-order valence-electron chi connectivity index (χ4n) is 7.97. The molecular weight excluding hydrogens is 661 g/mol. The third kappa shape index (κ3) is 6.51. The van der Waals surface area contributed by atoms with Gasteiger partial charge >= 0.3 is 11.9 Å². The van der Waals surface area contributed by atoms with Gasteiger partial charge in [-0.05, 0) is 41.9 Å². The summed E-state index contributed by atoms with van der Waals surface area (Å²) in [4.78, 5) is 38.9. The maximum Gasteiger partial charge on any atom is 0.312 e. The van der Waals surface area contributed by atoms with Gasteiger partial charge < -0.3 is 48.1 Å². The lowest BCUT2D eigenvalue weighted by Crippen LogP contribution is -3.00. The van der Waals surface area contributed by atoms with Crippen LogP contribution in [0.1, 0.15) is 71.9 Å². The van der Waals surface area contributed by atoms with E-state index in [1.807, 2.05) is 72.2 Å². The van der Waals surface area contributed by atoms with Crippen LogP contribution in [-0.4, -0.2) is 78.0 Å². The normalized spacial score (nSPS) is 32.9. The Bertz CT molecular complexity index is 1280. The predicted molar refractivity (Wildman–Crippen MR) is 159 cm³/mol. The third-order valence-corrected chi connectivity index (χ3v) is 10.4. The molecule has 2 fully saturated rings. The number of hydrogen-bond donors (Lipinski definition) is 2. The van der Waals surface area contributed by atoms with Gasteiger partial charge in [-0.2, -0.15) is 0 Å². The van der Waals surface area contributed by atoms with E-state index in [1.54, 1.807) is 6.92 Å². The monoisotopic (exact) mass is 709 g/mol. The molecule has 0 radical (unpaired) electrons.